The molecule has 1 N–H and O–H groups in total. The number of aryl methyl sites for hydroxylation is 1. The number of nitrogens with zero attached hydrogens (tertiary/aromatic N) is 4. The molecule has 1 aliphatic heterocycles. The van der Waals surface area contributed by atoms with Crippen molar-refractivity contribution in [3.63, 3.8) is 0 Å². The molecule has 148 valence electrons. The third-order valence-corrected chi connectivity index (χ3v) is 6.13. The first kappa shape index (κ1) is 18.6. The molecular formula is C23H24ClN5. The van der Waals surface area contributed by atoms with Gasteiger partial charge < -0.3 is 9.88 Å². The number of piperazine rings is 1. The number of nitrogens with one attached hydrogen (secondary N) is 1. The molecule has 0 amide bonds. The Bertz CT molecular complexity index is 1060. The number of rotatable bonds is 3. The van der Waals surface area contributed by atoms with Crippen molar-refractivity contribution in [1.82, 2.24) is 24.8 Å². The molecule has 2 aromatic heterocycles. The van der Waals surface area contributed by atoms with Crippen molar-refractivity contribution in [3.8, 4) is 0 Å². The highest BCUT2D eigenvalue weighted by molar-refractivity contribution is 6.30. The molecule has 5 rings (SSSR count). The molecule has 2 aliphatic rings. The molecular weight excluding hydrogens is 382 g/mol. The molecule has 3 heterocycles. The van der Waals surface area contributed by atoms with Gasteiger partial charge in [0, 0.05) is 56.3 Å². The van der Waals surface area contributed by atoms with Crippen LogP contribution in [0.4, 0.5) is 0 Å². The molecule has 0 bridgehead atoms. The van der Waals surface area contributed by atoms with Crippen LogP contribution in [0.15, 0.2) is 48.9 Å². The summed E-state index contributed by atoms with van der Waals surface area (Å²) in [5.74, 6) is 1.00. The lowest BCUT2D eigenvalue weighted by atomic mass is 9.93. The van der Waals surface area contributed by atoms with Gasteiger partial charge in [0.1, 0.15) is 5.82 Å². The van der Waals surface area contributed by atoms with Gasteiger partial charge in [-0.25, -0.2) is 4.98 Å². The molecule has 1 saturated heterocycles. The maximum atomic E-state index is 6.47. The molecule has 0 spiro atoms. The van der Waals surface area contributed by atoms with Crippen molar-refractivity contribution in [2.24, 2.45) is 0 Å². The summed E-state index contributed by atoms with van der Waals surface area (Å²) in [5, 5.41) is 4.22. The lowest BCUT2D eigenvalue weighted by Crippen LogP contribution is -2.45. The van der Waals surface area contributed by atoms with Crippen molar-refractivity contribution in [3.05, 3.63) is 82.2 Å². The van der Waals surface area contributed by atoms with Gasteiger partial charge in [0.2, 0.25) is 0 Å². The zero-order chi connectivity index (χ0) is 19.8. The van der Waals surface area contributed by atoms with Crippen molar-refractivity contribution in [2.75, 3.05) is 26.2 Å². The maximum Gasteiger partial charge on any atom is 0.105 e. The first-order valence-corrected chi connectivity index (χ1v) is 10.5. The zero-order valence-electron chi connectivity index (χ0n) is 16.5. The molecule has 3 aromatic rings. The van der Waals surface area contributed by atoms with Gasteiger partial charge in [0.05, 0.1) is 11.7 Å². The summed E-state index contributed by atoms with van der Waals surface area (Å²) in [7, 11) is 0. The van der Waals surface area contributed by atoms with Crippen LogP contribution >= 0.6 is 11.6 Å². The Morgan fingerprint density at radius 2 is 2.00 bits per heavy atom. The summed E-state index contributed by atoms with van der Waals surface area (Å²) in [5.41, 5.74) is 6.01. The summed E-state index contributed by atoms with van der Waals surface area (Å²) in [6, 6.07) is 10.6. The van der Waals surface area contributed by atoms with E-state index >= 15 is 0 Å². The van der Waals surface area contributed by atoms with E-state index in [4.69, 9.17) is 16.6 Å². The predicted molar refractivity (Wildman–Crippen MR) is 117 cm³/mol. The number of imidazole rings is 1. The number of hydrogen-bond acceptors (Lipinski definition) is 4. The first-order valence-electron chi connectivity index (χ1n) is 10.1. The Hall–Kier alpha value is -2.47. The number of aromatic nitrogens is 3. The monoisotopic (exact) mass is 405 g/mol. The Kier molecular flexibility index (Phi) is 4.96. The molecule has 1 atom stereocenters. The first-order chi connectivity index (χ1) is 14.2. The number of halogens is 1. The fraction of sp³-hybridized carbons (Fsp3) is 0.304. The van der Waals surface area contributed by atoms with Gasteiger partial charge in [-0.3, -0.25) is 9.88 Å². The maximum absolute atomic E-state index is 6.47. The summed E-state index contributed by atoms with van der Waals surface area (Å²) >= 11 is 6.47. The Balaban J connectivity index is 1.70. The second-order valence-electron chi connectivity index (χ2n) is 7.67. The van der Waals surface area contributed by atoms with Gasteiger partial charge in [-0.2, -0.15) is 0 Å². The van der Waals surface area contributed by atoms with Crippen LogP contribution < -0.4 is 5.32 Å². The largest absolute Gasteiger partial charge is 0.331 e. The van der Waals surface area contributed by atoms with Crippen LogP contribution in [0.25, 0.3) is 11.6 Å². The van der Waals surface area contributed by atoms with Crippen LogP contribution in [0, 0.1) is 6.92 Å². The van der Waals surface area contributed by atoms with Gasteiger partial charge >= 0.3 is 0 Å². The summed E-state index contributed by atoms with van der Waals surface area (Å²) < 4.78 is 2.18. The number of allylic oxidation sites excluding steroid dienone is 1. The highest BCUT2D eigenvalue weighted by atomic mass is 35.5. The SMILES string of the molecule is Cc1nccn1CC1=Cc2cccnc2[C@H](N2CCNCC2)c2ccc(Cl)cc21. The van der Waals surface area contributed by atoms with Gasteiger partial charge in [-0.1, -0.05) is 23.7 Å². The normalized spacial score (nSPS) is 19.2. The van der Waals surface area contributed by atoms with Gasteiger partial charge in [-0.15, -0.1) is 0 Å². The number of fused-ring (bicyclic) bond motifs is 2. The fourth-order valence-corrected chi connectivity index (χ4v) is 4.61. The molecule has 1 fully saturated rings. The molecule has 0 saturated carbocycles. The molecule has 1 aromatic carbocycles. The number of hydrogen-bond donors (Lipinski definition) is 1. The van der Waals surface area contributed by atoms with Crippen LogP contribution in [0.5, 0.6) is 0 Å². The van der Waals surface area contributed by atoms with E-state index in [1.165, 1.54) is 22.3 Å². The quantitative estimate of drug-likeness (QED) is 0.720. The van der Waals surface area contributed by atoms with Crippen LogP contribution in [0.2, 0.25) is 5.02 Å². The topological polar surface area (TPSA) is 46.0 Å². The Morgan fingerprint density at radius 3 is 2.79 bits per heavy atom. The van der Waals surface area contributed by atoms with E-state index in [1.807, 2.05) is 37.6 Å². The third-order valence-electron chi connectivity index (χ3n) is 5.90. The fourth-order valence-electron chi connectivity index (χ4n) is 4.43. The average Bonchev–Trinajstić information content (AvgIpc) is 3.09. The zero-order valence-corrected chi connectivity index (χ0v) is 17.2. The predicted octanol–water partition coefficient (Wildman–Crippen LogP) is 3.79. The average molecular weight is 406 g/mol. The molecule has 5 nitrogen and oxygen atoms in total. The van der Waals surface area contributed by atoms with E-state index in [2.05, 4.69) is 44.0 Å². The minimum atomic E-state index is 0.123. The molecule has 29 heavy (non-hydrogen) atoms. The smallest absolute Gasteiger partial charge is 0.105 e. The van der Waals surface area contributed by atoms with Gasteiger partial charge in [0.25, 0.3) is 0 Å². The molecule has 6 heteroatoms. The van der Waals surface area contributed by atoms with Crippen molar-refractivity contribution in [1.29, 1.82) is 0 Å². The number of benzene rings is 1. The van der Waals surface area contributed by atoms with E-state index in [9.17, 15) is 0 Å². The van der Waals surface area contributed by atoms with E-state index in [1.54, 1.807) is 0 Å². The Labute approximate surface area is 176 Å². The lowest BCUT2D eigenvalue weighted by Gasteiger charge is -2.35. The minimum absolute atomic E-state index is 0.123. The second-order valence-corrected chi connectivity index (χ2v) is 8.11. The summed E-state index contributed by atoms with van der Waals surface area (Å²) in [6.07, 6.45) is 8.06. The van der Waals surface area contributed by atoms with Crippen LogP contribution in [0.1, 0.15) is 34.3 Å². The molecule has 0 radical (unpaired) electrons. The van der Waals surface area contributed by atoms with E-state index in [-0.39, 0.29) is 6.04 Å². The van der Waals surface area contributed by atoms with Crippen molar-refractivity contribution >= 4 is 23.3 Å². The van der Waals surface area contributed by atoms with E-state index in [0.29, 0.717) is 0 Å². The van der Waals surface area contributed by atoms with Gasteiger partial charge in [-0.05, 0) is 53.5 Å². The molecule has 0 unspecified atom stereocenters. The van der Waals surface area contributed by atoms with Crippen molar-refractivity contribution in [2.45, 2.75) is 19.5 Å². The Morgan fingerprint density at radius 1 is 1.14 bits per heavy atom. The highest BCUT2D eigenvalue weighted by Crippen LogP contribution is 2.40. The molecule has 1 aliphatic carbocycles. The van der Waals surface area contributed by atoms with Crippen LogP contribution in [0.3, 0.4) is 0 Å². The standard InChI is InChI=1S/C23H24ClN5/c1-16-26-9-12-29(16)15-18-13-17-3-2-6-27-22(17)23(28-10-7-25-8-11-28)20-5-4-19(24)14-21(18)20/h2-6,9,12-14,23,25H,7-8,10-11,15H2,1H3/t23-/m1/s1. The van der Waals surface area contributed by atoms with Crippen LogP contribution in [-0.4, -0.2) is 45.6 Å². The number of pyridine rings is 1. The lowest BCUT2D eigenvalue weighted by molar-refractivity contribution is 0.195. The highest BCUT2D eigenvalue weighted by Gasteiger charge is 2.31. The summed E-state index contributed by atoms with van der Waals surface area (Å²) in [6.45, 7) is 6.78. The van der Waals surface area contributed by atoms with Crippen LogP contribution in [-0.2, 0) is 6.54 Å². The third kappa shape index (κ3) is 3.50. The minimum Gasteiger partial charge on any atom is -0.331 e. The van der Waals surface area contributed by atoms with Crippen molar-refractivity contribution < 1.29 is 0 Å². The second kappa shape index (κ2) is 7.75. The van der Waals surface area contributed by atoms with E-state index in [0.717, 1.165) is 49.3 Å². The van der Waals surface area contributed by atoms with Gasteiger partial charge in [0.15, 0.2) is 0 Å². The van der Waals surface area contributed by atoms with E-state index < -0.39 is 0 Å². The summed E-state index contributed by atoms with van der Waals surface area (Å²) in [4.78, 5) is 11.8.